The van der Waals surface area contributed by atoms with Crippen molar-refractivity contribution in [1.82, 2.24) is 10.6 Å². The zero-order valence-corrected chi connectivity index (χ0v) is 7.20. The molecule has 0 bridgehead atoms. The van der Waals surface area contributed by atoms with Gasteiger partial charge in [-0.15, -0.1) is 0 Å². The van der Waals surface area contributed by atoms with Crippen molar-refractivity contribution >= 4 is 0 Å². The highest BCUT2D eigenvalue weighted by molar-refractivity contribution is 4.99. The summed E-state index contributed by atoms with van der Waals surface area (Å²) < 4.78 is 0. The molecule has 0 rings (SSSR count). The first-order valence-corrected chi connectivity index (χ1v) is 3.94. The fourth-order valence-corrected chi connectivity index (χ4v) is 0.753. The molecule has 2 nitrogen and oxygen atoms in total. The largest absolute Gasteiger partial charge is 0.388 e. The van der Waals surface area contributed by atoms with E-state index < -0.39 is 0 Å². The average Bonchev–Trinajstić information content (AvgIpc) is 1.98. The second kappa shape index (κ2) is 6.62. The van der Waals surface area contributed by atoms with Crippen LogP contribution in [-0.4, -0.2) is 19.6 Å². The first-order chi connectivity index (χ1) is 4.85. The standard InChI is InChI=1S/C8H18N2/c1-4-8(10-6-3)7-9-5-2/h4,9-10H,5-7H2,1-3H3. The Morgan fingerprint density at radius 2 is 2.00 bits per heavy atom. The molecule has 0 spiro atoms. The topological polar surface area (TPSA) is 24.1 Å². The molecule has 2 heteroatoms. The van der Waals surface area contributed by atoms with Gasteiger partial charge in [0.1, 0.15) is 0 Å². The Bertz CT molecular complexity index is 97.4. The van der Waals surface area contributed by atoms with Gasteiger partial charge in [0.15, 0.2) is 0 Å². The van der Waals surface area contributed by atoms with E-state index in [0.29, 0.717) is 0 Å². The van der Waals surface area contributed by atoms with Crippen molar-refractivity contribution in [3.05, 3.63) is 11.8 Å². The Labute approximate surface area is 63.7 Å². The Morgan fingerprint density at radius 3 is 2.40 bits per heavy atom. The normalized spacial score (nSPS) is 11.7. The van der Waals surface area contributed by atoms with Gasteiger partial charge in [-0.2, -0.15) is 0 Å². The predicted octanol–water partition coefficient (Wildman–Crippen LogP) is 1.11. The summed E-state index contributed by atoms with van der Waals surface area (Å²) in [5.41, 5.74) is 1.28. The third kappa shape index (κ3) is 4.39. The molecule has 0 aliphatic carbocycles. The maximum absolute atomic E-state index is 3.27. The number of nitrogens with one attached hydrogen (secondary N) is 2. The number of allylic oxidation sites excluding steroid dienone is 1. The highest BCUT2D eigenvalue weighted by atomic mass is 14.9. The lowest BCUT2D eigenvalue weighted by Crippen LogP contribution is -2.24. The summed E-state index contributed by atoms with van der Waals surface area (Å²) >= 11 is 0. The van der Waals surface area contributed by atoms with Crippen LogP contribution in [0.3, 0.4) is 0 Å². The molecule has 0 fully saturated rings. The number of hydrogen-bond acceptors (Lipinski definition) is 2. The zero-order valence-electron chi connectivity index (χ0n) is 7.20. The molecule has 0 aromatic heterocycles. The van der Waals surface area contributed by atoms with E-state index in [1.807, 2.05) is 0 Å². The van der Waals surface area contributed by atoms with Gasteiger partial charge in [0.25, 0.3) is 0 Å². The van der Waals surface area contributed by atoms with Gasteiger partial charge in [-0.3, -0.25) is 0 Å². The average molecular weight is 142 g/mol. The minimum Gasteiger partial charge on any atom is -0.388 e. The van der Waals surface area contributed by atoms with Crippen LogP contribution in [0.15, 0.2) is 11.8 Å². The van der Waals surface area contributed by atoms with Crippen LogP contribution in [0.4, 0.5) is 0 Å². The van der Waals surface area contributed by atoms with Gasteiger partial charge in [-0.1, -0.05) is 13.0 Å². The molecule has 0 aliphatic heterocycles. The van der Waals surface area contributed by atoms with E-state index in [4.69, 9.17) is 0 Å². The molecule has 0 saturated carbocycles. The maximum atomic E-state index is 3.27. The summed E-state index contributed by atoms with van der Waals surface area (Å²) in [7, 11) is 0. The maximum Gasteiger partial charge on any atom is 0.0350 e. The molecule has 60 valence electrons. The summed E-state index contributed by atoms with van der Waals surface area (Å²) in [5.74, 6) is 0. The van der Waals surface area contributed by atoms with Crippen molar-refractivity contribution in [2.45, 2.75) is 20.8 Å². The highest BCUT2D eigenvalue weighted by Gasteiger charge is 1.89. The third-order valence-corrected chi connectivity index (χ3v) is 1.32. The Balaban J connectivity index is 3.41. The first-order valence-electron chi connectivity index (χ1n) is 3.94. The van der Waals surface area contributed by atoms with Crippen molar-refractivity contribution in [2.24, 2.45) is 0 Å². The van der Waals surface area contributed by atoms with Gasteiger partial charge in [-0.25, -0.2) is 0 Å². The second-order valence-corrected chi connectivity index (χ2v) is 2.12. The number of rotatable bonds is 5. The molecule has 0 heterocycles. The zero-order chi connectivity index (χ0) is 7.82. The van der Waals surface area contributed by atoms with Crippen LogP contribution in [0, 0.1) is 0 Å². The first kappa shape index (κ1) is 9.50. The lowest BCUT2D eigenvalue weighted by Gasteiger charge is -2.07. The second-order valence-electron chi connectivity index (χ2n) is 2.12. The third-order valence-electron chi connectivity index (χ3n) is 1.32. The SMILES string of the molecule is CC=C(CNCC)NCC. The molecule has 0 amide bonds. The van der Waals surface area contributed by atoms with Crippen molar-refractivity contribution in [2.75, 3.05) is 19.6 Å². The lowest BCUT2D eigenvalue weighted by molar-refractivity contribution is 0.714. The van der Waals surface area contributed by atoms with Crippen LogP contribution in [0.5, 0.6) is 0 Å². The van der Waals surface area contributed by atoms with Crippen LogP contribution in [-0.2, 0) is 0 Å². The molecule has 10 heavy (non-hydrogen) atoms. The summed E-state index contributed by atoms with van der Waals surface area (Å²) in [6.45, 7) is 9.26. The van der Waals surface area contributed by atoms with E-state index in [1.165, 1.54) is 5.70 Å². The van der Waals surface area contributed by atoms with E-state index >= 15 is 0 Å². The Kier molecular flexibility index (Phi) is 6.29. The van der Waals surface area contributed by atoms with Gasteiger partial charge in [0.05, 0.1) is 0 Å². The van der Waals surface area contributed by atoms with Gasteiger partial charge in [-0.05, 0) is 20.4 Å². The minimum absolute atomic E-state index is 0.959. The van der Waals surface area contributed by atoms with Crippen LogP contribution < -0.4 is 10.6 Å². The van der Waals surface area contributed by atoms with Crippen molar-refractivity contribution < 1.29 is 0 Å². The summed E-state index contributed by atoms with van der Waals surface area (Å²) in [4.78, 5) is 0. The molecular weight excluding hydrogens is 124 g/mol. The van der Waals surface area contributed by atoms with E-state index in [2.05, 4.69) is 37.5 Å². The minimum atomic E-state index is 0.959. The molecule has 0 aromatic rings. The van der Waals surface area contributed by atoms with Gasteiger partial charge >= 0.3 is 0 Å². The van der Waals surface area contributed by atoms with Crippen LogP contribution in [0.1, 0.15) is 20.8 Å². The summed E-state index contributed by atoms with van der Waals surface area (Å²) in [6, 6.07) is 0. The number of hydrogen-bond donors (Lipinski definition) is 2. The quantitative estimate of drug-likeness (QED) is 0.601. The van der Waals surface area contributed by atoms with E-state index in [9.17, 15) is 0 Å². The van der Waals surface area contributed by atoms with E-state index in [-0.39, 0.29) is 0 Å². The van der Waals surface area contributed by atoms with Crippen LogP contribution >= 0.6 is 0 Å². The molecular formula is C8H18N2. The van der Waals surface area contributed by atoms with Crippen molar-refractivity contribution in [3.63, 3.8) is 0 Å². The highest BCUT2D eigenvalue weighted by Crippen LogP contribution is 1.83. The van der Waals surface area contributed by atoms with Crippen molar-refractivity contribution in [3.8, 4) is 0 Å². The lowest BCUT2D eigenvalue weighted by atomic mass is 10.4. The summed E-state index contributed by atoms with van der Waals surface area (Å²) in [5, 5.41) is 6.52. The number of likely N-dealkylation sites (N-methyl/N-ethyl adjacent to an activating group) is 2. The predicted molar refractivity (Wildman–Crippen MR) is 46.0 cm³/mol. The smallest absolute Gasteiger partial charge is 0.0350 e. The van der Waals surface area contributed by atoms with Gasteiger partial charge in [0.2, 0.25) is 0 Å². The molecule has 0 saturated heterocycles. The molecule has 0 aliphatic rings. The van der Waals surface area contributed by atoms with Crippen LogP contribution in [0.25, 0.3) is 0 Å². The molecule has 0 unspecified atom stereocenters. The van der Waals surface area contributed by atoms with Crippen molar-refractivity contribution in [1.29, 1.82) is 0 Å². The fraction of sp³-hybridized carbons (Fsp3) is 0.750. The summed E-state index contributed by atoms with van der Waals surface area (Å²) in [6.07, 6.45) is 2.10. The Morgan fingerprint density at radius 1 is 1.30 bits per heavy atom. The monoisotopic (exact) mass is 142 g/mol. The molecule has 0 radical (unpaired) electrons. The van der Waals surface area contributed by atoms with E-state index in [0.717, 1.165) is 19.6 Å². The van der Waals surface area contributed by atoms with Crippen LogP contribution in [0.2, 0.25) is 0 Å². The van der Waals surface area contributed by atoms with E-state index in [1.54, 1.807) is 0 Å². The molecule has 2 N–H and O–H groups in total. The Hall–Kier alpha value is -0.500. The fourth-order valence-electron chi connectivity index (χ4n) is 0.753. The molecule has 0 aromatic carbocycles. The molecule has 0 atom stereocenters. The van der Waals surface area contributed by atoms with Gasteiger partial charge < -0.3 is 10.6 Å². The van der Waals surface area contributed by atoms with Gasteiger partial charge in [0, 0.05) is 18.8 Å².